The van der Waals surface area contributed by atoms with Crippen LogP contribution in [0, 0.1) is 0 Å². The van der Waals surface area contributed by atoms with E-state index in [0.717, 1.165) is 10.6 Å². The van der Waals surface area contributed by atoms with Gasteiger partial charge in [0.25, 0.3) is 0 Å². The summed E-state index contributed by atoms with van der Waals surface area (Å²) in [5.41, 5.74) is 6.64. The lowest BCUT2D eigenvalue weighted by molar-refractivity contribution is -0.117. The fourth-order valence-corrected chi connectivity index (χ4v) is 2.82. The van der Waals surface area contributed by atoms with Gasteiger partial charge < -0.3 is 16.4 Å². The number of primary amides is 1. The first-order chi connectivity index (χ1) is 11.5. The molecule has 0 aliphatic rings. The van der Waals surface area contributed by atoms with Crippen LogP contribution in [0.5, 0.6) is 0 Å². The maximum atomic E-state index is 12.3. The SMILES string of the molecule is C[C@@H](Nc1ccccc1SCC(N)=O)C(=O)Nc1ccc(Cl)cc1. The Morgan fingerprint density at radius 3 is 2.50 bits per heavy atom. The third-order valence-corrected chi connectivity index (χ3v) is 4.48. The number of amides is 2. The largest absolute Gasteiger partial charge is 0.373 e. The Kier molecular flexibility index (Phi) is 6.52. The number of halogens is 1. The number of para-hydroxylation sites is 1. The van der Waals surface area contributed by atoms with E-state index >= 15 is 0 Å². The van der Waals surface area contributed by atoms with Gasteiger partial charge in [-0.1, -0.05) is 23.7 Å². The van der Waals surface area contributed by atoms with Crippen molar-refractivity contribution in [3.8, 4) is 0 Å². The van der Waals surface area contributed by atoms with Gasteiger partial charge in [-0.3, -0.25) is 9.59 Å². The van der Waals surface area contributed by atoms with Crippen molar-refractivity contribution in [2.45, 2.75) is 17.9 Å². The molecule has 0 radical (unpaired) electrons. The van der Waals surface area contributed by atoms with Crippen LogP contribution in [-0.4, -0.2) is 23.6 Å². The molecule has 0 aromatic heterocycles. The van der Waals surface area contributed by atoms with Crippen LogP contribution in [-0.2, 0) is 9.59 Å². The quantitative estimate of drug-likeness (QED) is 0.658. The van der Waals surface area contributed by atoms with Crippen LogP contribution in [0.1, 0.15) is 6.92 Å². The van der Waals surface area contributed by atoms with E-state index in [-0.39, 0.29) is 17.6 Å². The fourth-order valence-electron chi connectivity index (χ4n) is 1.94. The van der Waals surface area contributed by atoms with E-state index in [1.54, 1.807) is 31.2 Å². The predicted molar refractivity (Wildman–Crippen MR) is 99.5 cm³/mol. The standard InChI is InChI=1S/C17H18ClN3O2S/c1-11(17(23)21-13-8-6-12(18)7-9-13)20-14-4-2-3-5-15(14)24-10-16(19)22/h2-9,11,20H,10H2,1H3,(H2,19,22)(H,21,23)/t11-/m1/s1. The van der Waals surface area contributed by atoms with Crippen molar-refractivity contribution in [1.29, 1.82) is 0 Å². The second kappa shape index (κ2) is 8.61. The zero-order chi connectivity index (χ0) is 17.5. The summed E-state index contributed by atoms with van der Waals surface area (Å²) in [5, 5.41) is 6.58. The van der Waals surface area contributed by atoms with Crippen molar-refractivity contribution >= 4 is 46.6 Å². The van der Waals surface area contributed by atoms with Gasteiger partial charge in [-0.25, -0.2) is 0 Å². The van der Waals surface area contributed by atoms with Gasteiger partial charge in [-0.15, -0.1) is 11.8 Å². The van der Waals surface area contributed by atoms with E-state index < -0.39 is 6.04 Å². The Morgan fingerprint density at radius 2 is 1.83 bits per heavy atom. The molecule has 0 saturated carbocycles. The highest BCUT2D eigenvalue weighted by Gasteiger charge is 2.14. The van der Waals surface area contributed by atoms with Crippen molar-refractivity contribution in [2.75, 3.05) is 16.4 Å². The van der Waals surface area contributed by atoms with E-state index in [1.165, 1.54) is 11.8 Å². The van der Waals surface area contributed by atoms with Crippen molar-refractivity contribution in [3.63, 3.8) is 0 Å². The van der Waals surface area contributed by atoms with Gasteiger partial charge in [0.15, 0.2) is 0 Å². The first-order valence-corrected chi connectivity index (χ1v) is 8.65. The van der Waals surface area contributed by atoms with Crippen molar-refractivity contribution in [1.82, 2.24) is 0 Å². The van der Waals surface area contributed by atoms with E-state index in [9.17, 15) is 9.59 Å². The first-order valence-electron chi connectivity index (χ1n) is 7.29. The number of carbonyl (C=O) groups is 2. The van der Waals surface area contributed by atoms with Crippen LogP contribution in [0.2, 0.25) is 5.02 Å². The number of anilines is 2. The van der Waals surface area contributed by atoms with E-state index in [1.807, 2.05) is 24.3 Å². The van der Waals surface area contributed by atoms with Gasteiger partial charge in [0.2, 0.25) is 11.8 Å². The number of hydrogen-bond donors (Lipinski definition) is 3. The summed E-state index contributed by atoms with van der Waals surface area (Å²) >= 11 is 7.16. The summed E-state index contributed by atoms with van der Waals surface area (Å²) in [7, 11) is 0. The van der Waals surface area contributed by atoms with E-state index in [0.29, 0.717) is 10.7 Å². The molecule has 0 heterocycles. The Bertz CT molecular complexity index is 722. The number of carbonyl (C=O) groups excluding carboxylic acids is 2. The van der Waals surface area contributed by atoms with Gasteiger partial charge in [-0.05, 0) is 43.3 Å². The third kappa shape index (κ3) is 5.47. The Hall–Kier alpha value is -2.18. The molecule has 5 nitrogen and oxygen atoms in total. The lowest BCUT2D eigenvalue weighted by Crippen LogP contribution is -2.32. The van der Waals surface area contributed by atoms with Crippen molar-refractivity contribution in [2.24, 2.45) is 5.73 Å². The highest BCUT2D eigenvalue weighted by atomic mass is 35.5. The van der Waals surface area contributed by atoms with Crippen LogP contribution in [0.25, 0.3) is 0 Å². The molecule has 0 saturated heterocycles. The highest BCUT2D eigenvalue weighted by molar-refractivity contribution is 8.00. The summed E-state index contributed by atoms with van der Waals surface area (Å²) in [6, 6.07) is 13.9. The zero-order valence-corrected chi connectivity index (χ0v) is 14.7. The van der Waals surface area contributed by atoms with E-state index in [2.05, 4.69) is 10.6 Å². The van der Waals surface area contributed by atoms with Crippen LogP contribution < -0.4 is 16.4 Å². The van der Waals surface area contributed by atoms with Crippen LogP contribution in [0.4, 0.5) is 11.4 Å². The Balaban J connectivity index is 2.00. The zero-order valence-electron chi connectivity index (χ0n) is 13.1. The fraction of sp³-hybridized carbons (Fsp3) is 0.176. The first kappa shape index (κ1) is 18.2. The van der Waals surface area contributed by atoms with Gasteiger partial charge in [0, 0.05) is 21.3 Å². The number of thioether (sulfide) groups is 1. The maximum absolute atomic E-state index is 12.3. The molecule has 1 atom stereocenters. The topological polar surface area (TPSA) is 84.2 Å². The molecule has 0 bridgehead atoms. The summed E-state index contributed by atoms with van der Waals surface area (Å²) in [6.07, 6.45) is 0. The minimum Gasteiger partial charge on any atom is -0.373 e. The predicted octanol–water partition coefficient (Wildman–Crippen LogP) is 3.36. The number of hydrogen-bond acceptors (Lipinski definition) is 4. The smallest absolute Gasteiger partial charge is 0.246 e. The highest BCUT2D eigenvalue weighted by Crippen LogP contribution is 2.27. The molecule has 0 aliphatic carbocycles. The number of benzene rings is 2. The summed E-state index contributed by atoms with van der Waals surface area (Å²) < 4.78 is 0. The molecular formula is C17H18ClN3O2S. The monoisotopic (exact) mass is 363 g/mol. The molecule has 2 aromatic rings. The molecule has 2 rings (SSSR count). The van der Waals surface area contributed by atoms with Crippen LogP contribution in [0.15, 0.2) is 53.4 Å². The normalized spacial score (nSPS) is 11.6. The molecule has 126 valence electrons. The molecular weight excluding hydrogens is 346 g/mol. The minimum absolute atomic E-state index is 0.174. The van der Waals surface area contributed by atoms with Gasteiger partial charge in [-0.2, -0.15) is 0 Å². The second-order valence-electron chi connectivity index (χ2n) is 5.11. The van der Waals surface area contributed by atoms with Crippen LogP contribution >= 0.6 is 23.4 Å². The van der Waals surface area contributed by atoms with Gasteiger partial charge in [0.1, 0.15) is 6.04 Å². The minimum atomic E-state index is -0.462. The Morgan fingerprint density at radius 1 is 1.17 bits per heavy atom. The molecule has 0 fully saturated rings. The van der Waals surface area contributed by atoms with Crippen LogP contribution in [0.3, 0.4) is 0 Å². The number of nitrogens with one attached hydrogen (secondary N) is 2. The lowest BCUT2D eigenvalue weighted by atomic mass is 10.2. The molecule has 7 heteroatoms. The summed E-state index contributed by atoms with van der Waals surface area (Å²) in [4.78, 5) is 24.1. The molecule has 0 aliphatic heterocycles. The average molecular weight is 364 g/mol. The Labute approximate surface area is 150 Å². The average Bonchev–Trinajstić information content (AvgIpc) is 2.56. The van der Waals surface area contributed by atoms with E-state index in [4.69, 9.17) is 17.3 Å². The molecule has 0 spiro atoms. The van der Waals surface area contributed by atoms with Crippen molar-refractivity contribution < 1.29 is 9.59 Å². The molecule has 2 aromatic carbocycles. The number of rotatable bonds is 7. The molecule has 4 N–H and O–H groups in total. The summed E-state index contributed by atoms with van der Waals surface area (Å²) in [5.74, 6) is -0.375. The molecule has 24 heavy (non-hydrogen) atoms. The second-order valence-corrected chi connectivity index (χ2v) is 6.57. The lowest BCUT2D eigenvalue weighted by Gasteiger charge is -2.17. The van der Waals surface area contributed by atoms with Gasteiger partial charge >= 0.3 is 0 Å². The van der Waals surface area contributed by atoms with Gasteiger partial charge in [0.05, 0.1) is 5.75 Å². The number of nitrogens with two attached hydrogens (primary N) is 1. The summed E-state index contributed by atoms with van der Waals surface area (Å²) in [6.45, 7) is 1.76. The van der Waals surface area contributed by atoms with Crippen molar-refractivity contribution in [3.05, 3.63) is 53.6 Å². The third-order valence-electron chi connectivity index (χ3n) is 3.13. The molecule has 0 unspecified atom stereocenters. The maximum Gasteiger partial charge on any atom is 0.246 e. The molecule has 2 amide bonds.